The number of benzene rings is 1. The fraction of sp³-hybridized carbons (Fsp3) is 0. The van der Waals surface area contributed by atoms with Gasteiger partial charge in [-0.15, -0.1) is 0 Å². The molecule has 1 aromatic carbocycles. The third kappa shape index (κ3) is 2.43. The number of nitrogens with one attached hydrogen (secondary N) is 1. The van der Waals surface area contributed by atoms with E-state index >= 15 is 0 Å². The van der Waals surface area contributed by atoms with Crippen molar-refractivity contribution < 1.29 is 19.8 Å². The second-order valence-electron chi connectivity index (χ2n) is 3.68. The molecule has 0 unspecified atom stereocenters. The Balaban J connectivity index is 2.70. The van der Waals surface area contributed by atoms with E-state index < -0.39 is 11.9 Å². The van der Waals surface area contributed by atoms with Crippen LogP contribution in [0.5, 0.6) is 0 Å². The van der Waals surface area contributed by atoms with E-state index in [1.54, 1.807) is 18.2 Å². The van der Waals surface area contributed by atoms with Crippen LogP contribution >= 0.6 is 23.2 Å². The lowest BCUT2D eigenvalue weighted by molar-refractivity contribution is 0.0689. The number of aromatic amines is 1. The standard InChI is InChI=1S/C12H7Cl2NO4/c13-7-3-1-2-5(9(7)14)6-4-8(11(16)17)15-10(6)12(18)19/h1-4,15H,(H,16,17)(H,18,19). The first-order valence-corrected chi connectivity index (χ1v) is 5.81. The maximum Gasteiger partial charge on any atom is 0.352 e. The Morgan fingerprint density at radius 2 is 1.74 bits per heavy atom. The highest BCUT2D eigenvalue weighted by Crippen LogP contribution is 2.35. The minimum absolute atomic E-state index is 0.169. The molecule has 3 N–H and O–H groups in total. The Morgan fingerprint density at radius 3 is 2.32 bits per heavy atom. The van der Waals surface area contributed by atoms with Crippen molar-refractivity contribution in [3.63, 3.8) is 0 Å². The summed E-state index contributed by atoms with van der Waals surface area (Å²) in [7, 11) is 0. The van der Waals surface area contributed by atoms with Crippen molar-refractivity contribution in [2.75, 3.05) is 0 Å². The van der Waals surface area contributed by atoms with Gasteiger partial charge in [-0.25, -0.2) is 9.59 Å². The van der Waals surface area contributed by atoms with Crippen LogP contribution in [0.1, 0.15) is 21.0 Å². The Labute approximate surface area is 117 Å². The van der Waals surface area contributed by atoms with Crippen LogP contribution in [0.3, 0.4) is 0 Å². The van der Waals surface area contributed by atoms with Crippen molar-refractivity contribution in [1.29, 1.82) is 0 Å². The summed E-state index contributed by atoms with van der Waals surface area (Å²) in [5.41, 5.74) is 0.0534. The van der Waals surface area contributed by atoms with Gasteiger partial charge < -0.3 is 15.2 Å². The molecule has 0 atom stereocenters. The van der Waals surface area contributed by atoms with E-state index in [2.05, 4.69) is 4.98 Å². The second-order valence-corrected chi connectivity index (χ2v) is 4.47. The van der Waals surface area contributed by atoms with E-state index in [9.17, 15) is 9.59 Å². The van der Waals surface area contributed by atoms with Gasteiger partial charge in [0.25, 0.3) is 0 Å². The molecule has 2 aromatic rings. The predicted octanol–water partition coefficient (Wildman–Crippen LogP) is 3.38. The number of hydrogen-bond acceptors (Lipinski definition) is 2. The van der Waals surface area contributed by atoms with Gasteiger partial charge in [-0.3, -0.25) is 0 Å². The number of carboxylic acids is 2. The lowest BCUT2D eigenvalue weighted by atomic mass is 10.1. The fourth-order valence-electron chi connectivity index (χ4n) is 1.66. The van der Waals surface area contributed by atoms with Crippen LogP contribution in [-0.4, -0.2) is 27.1 Å². The summed E-state index contributed by atoms with van der Waals surface area (Å²) in [6, 6.07) is 5.93. The fourth-order valence-corrected chi connectivity index (χ4v) is 2.07. The topological polar surface area (TPSA) is 90.4 Å². The molecule has 7 heteroatoms. The monoisotopic (exact) mass is 299 g/mol. The molecule has 0 saturated heterocycles. The number of H-pyrrole nitrogens is 1. The molecule has 0 aliphatic carbocycles. The third-order valence-corrected chi connectivity index (χ3v) is 3.32. The van der Waals surface area contributed by atoms with Crippen molar-refractivity contribution >= 4 is 35.1 Å². The van der Waals surface area contributed by atoms with Crippen LogP contribution in [0, 0.1) is 0 Å². The molecule has 0 fully saturated rings. The van der Waals surface area contributed by atoms with Gasteiger partial charge in [-0.05, 0) is 12.1 Å². The minimum Gasteiger partial charge on any atom is -0.477 e. The molecule has 0 amide bonds. The summed E-state index contributed by atoms with van der Waals surface area (Å²) >= 11 is 11.9. The van der Waals surface area contributed by atoms with Gasteiger partial charge >= 0.3 is 11.9 Å². The summed E-state index contributed by atoms with van der Waals surface area (Å²) in [5, 5.41) is 18.4. The van der Waals surface area contributed by atoms with Crippen molar-refractivity contribution in [3.8, 4) is 11.1 Å². The van der Waals surface area contributed by atoms with Crippen LogP contribution < -0.4 is 0 Å². The highest BCUT2D eigenvalue weighted by atomic mass is 35.5. The molecule has 1 heterocycles. The zero-order valence-corrected chi connectivity index (χ0v) is 10.8. The molecule has 0 bridgehead atoms. The van der Waals surface area contributed by atoms with Gasteiger partial charge in [0.05, 0.1) is 10.0 Å². The number of carbonyl (C=O) groups is 2. The molecule has 2 rings (SSSR count). The Morgan fingerprint density at radius 1 is 1.05 bits per heavy atom. The van der Waals surface area contributed by atoms with E-state index in [4.69, 9.17) is 33.4 Å². The maximum atomic E-state index is 11.1. The van der Waals surface area contributed by atoms with Gasteiger partial charge in [-0.2, -0.15) is 0 Å². The highest BCUT2D eigenvalue weighted by molar-refractivity contribution is 6.43. The minimum atomic E-state index is -1.28. The van der Waals surface area contributed by atoms with Gasteiger partial charge in [0, 0.05) is 11.1 Å². The van der Waals surface area contributed by atoms with E-state index in [1.807, 2.05) is 0 Å². The molecule has 0 saturated carbocycles. The number of carboxylic acid groups (broad SMARTS) is 2. The first-order valence-electron chi connectivity index (χ1n) is 5.05. The Hall–Kier alpha value is -1.98. The third-order valence-electron chi connectivity index (χ3n) is 2.50. The second kappa shape index (κ2) is 4.95. The average Bonchev–Trinajstić information content (AvgIpc) is 2.77. The maximum absolute atomic E-state index is 11.1. The number of hydrogen-bond donors (Lipinski definition) is 3. The molecule has 0 aliphatic rings. The van der Waals surface area contributed by atoms with Crippen molar-refractivity contribution in [3.05, 3.63) is 45.7 Å². The van der Waals surface area contributed by atoms with E-state index in [1.165, 1.54) is 6.07 Å². The quantitative estimate of drug-likeness (QED) is 0.810. The first-order chi connectivity index (χ1) is 8.91. The molecule has 98 valence electrons. The molecular weight excluding hydrogens is 293 g/mol. The molecule has 5 nitrogen and oxygen atoms in total. The van der Waals surface area contributed by atoms with Crippen LogP contribution in [0.4, 0.5) is 0 Å². The summed E-state index contributed by atoms with van der Waals surface area (Å²) < 4.78 is 0. The van der Waals surface area contributed by atoms with Crippen molar-refractivity contribution in [1.82, 2.24) is 4.98 Å². The SMILES string of the molecule is O=C(O)c1cc(-c2cccc(Cl)c2Cl)c(C(=O)O)[nH]1. The molecular formula is C12H7Cl2NO4. The normalized spacial score (nSPS) is 10.4. The zero-order chi connectivity index (χ0) is 14.2. The lowest BCUT2D eigenvalue weighted by Gasteiger charge is -2.04. The molecule has 1 aromatic heterocycles. The predicted molar refractivity (Wildman–Crippen MR) is 70.2 cm³/mol. The van der Waals surface area contributed by atoms with E-state index in [0.717, 1.165) is 0 Å². The van der Waals surface area contributed by atoms with Gasteiger partial charge in [0.15, 0.2) is 0 Å². The molecule has 0 spiro atoms. The van der Waals surface area contributed by atoms with Crippen molar-refractivity contribution in [2.24, 2.45) is 0 Å². The largest absolute Gasteiger partial charge is 0.477 e. The number of aromatic carboxylic acids is 2. The van der Waals surface area contributed by atoms with Crippen LogP contribution in [0.2, 0.25) is 10.0 Å². The van der Waals surface area contributed by atoms with E-state index in [-0.39, 0.29) is 27.0 Å². The summed E-state index contributed by atoms with van der Waals surface area (Å²) in [4.78, 5) is 24.3. The van der Waals surface area contributed by atoms with Crippen LogP contribution in [0.25, 0.3) is 11.1 Å². The molecule has 0 radical (unpaired) electrons. The highest BCUT2D eigenvalue weighted by Gasteiger charge is 2.21. The first kappa shape index (κ1) is 13.5. The average molecular weight is 300 g/mol. The van der Waals surface area contributed by atoms with Crippen LogP contribution in [0.15, 0.2) is 24.3 Å². The molecule has 19 heavy (non-hydrogen) atoms. The van der Waals surface area contributed by atoms with Gasteiger partial charge in [-0.1, -0.05) is 35.3 Å². The Bertz CT molecular complexity index is 678. The smallest absolute Gasteiger partial charge is 0.352 e. The Kier molecular flexibility index (Phi) is 3.50. The summed E-state index contributed by atoms with van der Waals surface area (Å²) in [5.74, 6) is -2.54. The van der Waals surface area contributed by atoms with E-state index in [0.29, 0.717) is 5.56 Å². The summed E-state index contributed by atoms with van der Waals surface area (Å²) in [6.07, 6.45) is 0. The van der Waals surface area contributed by atoms with Gasteiger partial charge in [0.2, 0.25) is 0 Å². The number of aromatic nitrogens is 1. The zero-order valence-electron chi connectivity index (χ0n) is 9.28. The number of halogens is 2. The lowest BCUT2D eigenvalue weighted by Crippen LogP contribution is -2.01. The van der Waals surface area contributed by atoms with Gasteiger partial charge in [0.1, 0.15) is 11.4 Å². The number of rotatable bonds is 3. The van der Waals surface area contributed by atoms with Crippen LogP contribution in [-0.2, 0) is 0 Å². The van der Waals surface area contributed by atoms with Crippen molar-refractivity contribution in [2.45, 2.75) is 0 Å². The molecule has 0 aliphatic heterocycles. The summed E-state index contributed by atoms with van der Waals surface area (Å²) in [6.45, 7) is 0.